The summed E-state index contributed by atoms with van der Waals surface area (Å²) < 4.78 is 13.0. The fourth-order valence-corrected chi connectivity index (χ4v) is 1.44. The van der Waals surface area contributed by atoms with Crippen LogP contribution in [0.1, 0.15) is 5.69 Å². The topological polar surface area (TPSA) is 61.7 Å². The molecule has 0 spiro atoms. The molecule has 4 nitrogen and oxygen atoms in total. The van der Waals surface area contributed by atoms with Crippen LogP contribution in [-0.4, -0.2) is 4.98 Å². The molecule has 0 aliphatic heterocycles. The molecular formula is C10H7FN4. The largest absolute Gasteiger partial charge is 0.253 e. The Morgan fingerprint density at radius 1 is 1.40 bits per heavy atom. The molecule has 1 aromatic carbocycles. The Bertz CT molecular complexity index is 573. The summed E-state index contributed by atoms with van der Waals surface area (Å²) in [6, 6.07) is 5.83. The van der Waals surface area contributed by atoms with Crippen LogP contribution >= 0.6 is 0 Å². The zero-order valence-electron chi connectivity index (χ0n) is 7.98. The van der Waals surface area contributed by atoms with Crippen LogP contribution in [0.3, 0.4) is 0 Å². The number of azide groups is 1. The van der Waals surface area contributed by atoms with Crippen molar-refractivity contribution in [3.05, 3.63) is 46.2 Å². The molecular weight excluding hydrogens is 195 g/mol. The summed E-state index contributed by atoms with van der Waals surface area (Å²) in [6.45, 7) is 1.79. The van der Waals surface area contributed by atoms with Gasteiger partial charge in [0.25, 0.3) is 0 Å². The molecule has 15 heavy (non-hydrogen) atoms. The summed E-state index contributed by atoms with van der Waals surface area (Å²) in [5, 5.41) is 4.04. The molecule has 0 fully saturated rings. The molecule has 0 N–H and O–H groups in total. The minimum atomic E-state index is -0.373. The molecule has 74 valence electrons. The van der Waals surface area contributed by atoms with Gasteiger partial charge < -0.3 is 0 Å². The van der Waals surface area contributed by atoms with Gasteiger partial charge in [-0.1, -0.05) is 5.11 Å². The number of nitrogens with zero attached hydrogens (tertiary/aromatic N) is 4. The maximum Gasteiger partial charge on any atom is 0.123 e. The van der Waals surface area contributed by atoms with E-state index in [1.54, 1.807) is 19.1 Å². The third kappa shape index (κ3) is 1.73. The predicted molar refractivity (Wildman–Crippen MR) is 55.2 cm³/mol. The lowest BCUT2D eigenvalue weighted by Gasteiger charge is -2.02. The third-order valence-corrected chi connectivity index (χ3v) is 2.03. The molecule has 1 heterocycles. The summed E-state index contributed by atoms with van der Waals surface area (Å²) in [5.74, 6) is -0.373. The molecule has 2 rings (SSSR count). The zero-order valence-corrected chi connectivity index (χ0v) is 7.98. The van der Waals surface area contributed by atoms with Gasteiger partial charge in [-0.3, -0.25) is 4.98 Å². The van der Waals surface area contributed by atoms with Crippen molar-refractivity contribution in [3.63, 3.8) is 0 Å². The average molecular weight is 202 g/mol. The number of rotatable bonds is 1. The van der Waals surface area contributed by atoms with Crippen LogP contribution < -0.4 is 0 Å². The first-order valence-electron chi connectivity index (χ1n) is 4.33. The van der Waals surface area contributed by atoms with Gasteiger partial charge in [-0.2, -0.15) is 0 Å². The smallest absolute Gasteiger partial charge is 0.123 e. The number of pyridine rings is 1. The van der Waals surface area contributed by atoms with Gasteiger partial charge in [0, 0.05) is 21.7 Å². The van der Waals surface area contributed by atoms with E-state index in [0.29, 0.717) is 16.6 Å². The molecule has 0 unspecified atom stereocenters. The lowest BCUT2D eigenvalue weighted by Crippen LogP contribution is -1.85. The summed E-state index contributed by atoms with van der Waals surface area (Å²) in [5.41, 5.74) is 10.1. The van der Waals surface area contributed by atoms with Crippen LogP contribution in [0.5, 0.6) is 0 Å². The first kappa shape index (κ1) is 9.43. The lowest BCUT2D eigenvalue weighted by atomic mass is 10.1. The molecule has 5 heteroatoms. The number of fused-ring (bicyclic) bond motifs is 1. The van der Waals surface area contributed by atoms with E-state index in [2.05, 4.69) is 15.0 Å². The van der Waals surface area contributed by atoms with Crippen LogP contribution in [-0.2, 0) is 0 Å². The molecule has 0 radical (unpaired) electrons. The fourth-order valence-electron chi connectivity index (χ4n) is 1.44. The second-order valence-electron chi connectivity index (χ2n) is 3.13. The number of aromatic nitrogens is 1. The second-order valence-corrected chi connectivity index (χ2v) is 3.13. The minimum absolute atomic E-state index is 0.373. The normalized spacial score (nSPS) is 10.0. The van der Waals surface area contributed by atoms with E-state index in [1.165, 1.54) is 12.1 Å². The van der Waals surface area contributed by atoms with E-state index >= 15 is 0 Å². The van der Waals surface area contributed by atoms with Crippen molar-refractivity contribution in [1.29, 1.82) is 0 Å². The standard InChI is InChI=1S/C10H7FN4/c1-6-4-10(14-15-12)8-5-7(11)2-3-9(8)13-6/h2-5H,1H3. The molecule has 0 bridgehead atoms. The van der Waals surface area contributed by atoms with E-state index in [4.69, 9.17) is 5.53 Å². The van der Waals surface area contributed by atoms with E-state index < -0.39 is 0 Å². The number of halogens is 1. The Labute approximate surface area is 85.0 Å². The second kappa shape index (κ2) is 3.55. The van der Waals surface area contributed by atoms with Crippen molar-refractivity contribution >= 4 is 16.6 Å². The van der Waals surface area contributed by atoms with Crippen LogP contribution in [0.15, 0.2) is 29.4 Å². The zero-order chi connectivity index (χ0) is 10.8. The van der Waals surface area contributed by atoms with Gasteiger partial charge in [-0.15, -0.1) is 0 Å². The van der Waals surface area contributed by atoms with Gasteiger partial charge >= 0.3 is 0 Å². The van der Waals surface area contributed by atoms with Crippen molar-refractivity contribution in [2.45, 2.75) is 6.92 Å². The maximum atomic E-state index is 13.0. The molecule has 2 aromatic rings. The van der Waals surface area contributed by atoms with Crippen LogP contribution in [0.4, 0.5) is 10.1 Å². The van der Waals surface area contributed by atoms with E-state index in [-0.39, 0.29) is 5.82 Å². The fraction of sp³-hybridized carbons (Fsp3) is 0.100. The van der Waals surface area contributed by atoms with Crippen LogP contribution in [0, 0.1) is 12.7 Å². The van der Waals surface area contributed by atoms with Gasteiger partial charge in [0.2, 0.25) is 0 Å². The molecule has 1 aromatic heterocycles. The Morgan fingerprint density at radius 3 is 2.93 bits per heavy atom. The summed E-state index contributed by atoms with van der Waals surface area (Å²) in [4.78, 5) is 6.91. The Morgan fingerprint density at radius 2 is 2.20 bits per heavy atom. The number of aryl methyl sites for hydroxylation is 1. The lowest BCUT2D eigenvalue weighted by molar-refractivity contribution is 0.629. The molecule has 0 saturated heterocycles. The van der Waals surface area contributed by atoms with E-state index in [1.807, 2.05) is 0 Å². The first-order valence-corrected chi connectivity index (χ1v) is 4.33. The van der Waals surface area contributed by atoms with Gasteiger partial charge in [-0.05, 0) is 36.7 Å². The predicted octanol–water partition coefficient (Wildman–Crippen LogP) is 3.62. The van der Waals surface area contributed by atoms with Crippen molar-refractivity contribution < 1.29 is 4.39 Å². The van der Waals surface area contributed by atoms with Crippen LogP contribution in [0.25, 0.3) is 21.3 Å². The van der Waals surface area contributed by atoms with Gasteiger partial charge in [0.05, 0.1) is 5.52 Å². The summed E-state index contributed by atoms with van der Waals surface area (Å²) in [7, 11) is 0. The maximum absolute atomic E-state index is 13.0. The highest BCUT2D eigenvalue weighted by molar-refractivity contribution is 5.89. The van der Waals surface area contributed by atoms with Crippen molar-refractivity contribution in [2.24, 2.45) is 5.11 Å². The molecule has 0 saturated carbocycles. The Hall–Kier alpha value is -2.13. The highest BCUT2D eigenvalue weighted by Gasteiger charge is 2.03. The van der Waals surface area contributed by atoms with Crippen molar-refractivity contribution in [3.8, 4) is 0 Å². The van der Waals surface area contributed by atoms with Gasteiger partial charge in [0.15, 0.2) is 0 Å². The number of benzene rings is 1. The highest BCUT2D eigenvalue weighted by atomic mass is 19.1. The summed E-state index contributed by atoms with van der Waals surface area (Å²) in [6.07, 6.45) is 0. The highest BCUT2D eigenvalue weighted by Crippen LogP contribution is 2.26. The van der Waals surface area contributed by atoms with Crippen molar-refractivity contribution in [2.75, 3.05) is 0 Å². The summed E-state index contributed by atoms with van der Waals surface area (Å²) >= 11 is 0. The van der Waals surface area contributed by atoms with Gasteiger partial charge in [-0.25, -0.2) is 4.39 Å². The first-order chi connectivity index (χ1) is 7.20. The molecule has 0 aliphatic carbocycles. The minimum Gasteiger partial charge on any atom is -0.253 e. The van der Waals surface area contributed by atoms with Gasteiger partial charge in [0.1, 0.15) is 5.82 Å². The number of hydrogen-bond acceptors (Lipinski definition) is 2. The van der Waals surface area contributed by atoms with E-state index in [9.17, 15) is 4.39 Å². The van der Waals surface area contributed by atoms with Crippen molar-refractivity contribution in [1.82, 2.24) is 4.98 Å². The monoisotopic (exact) mass is 202 g/mol. The number of hydrogen-bond donors (Lipinski definition) is 0. The Balaban J connectivity index is 2.87. The molecule has 0 amide bonds. The SMILES string of the molecule is Cc1cc(N=[N+]=[N-])c2cc(F)ccc2n1. The quantitative estimate of drug-likeness (QED) is 0.395. The third-order valence-electron chi connectivity index (χ3n) is 2.03. The molecule has 0 atom stereocenters. The average Bonchev–Trinajstić information content (AvgIpc) is 2.19. The molecule has 0 aliphatic rings. The Kier molecular flexibility index (Phi) is 2.23. The van der Waals surface area contributed by atoms with Crippen LogP contribution in [0.2, 0.25) is 0 Å². The van der Waals surface area contributed by atoms with E-state index in [0.717, 1.165) is 5.69 Å².